The Morgan fingerprint density at radius 3 is 2.68 bits per heavy atom. The number of allylic oxidation sites excluding steroid dienone is 1. The second-order valence-electron chi connectivity index (χ2n) is 3.75. The molecule has 0 radical (unpaired) electrons. The van der Waals surface area contributed by atoms with Gasteiger partial charge in [-0.3, -0.25) is 0 Å². The van der Waals surface area contributed by atoms with Crippen molar-refractivity contribution in [3.63, 3.8) is 0 Å². The molecule has 106 valence electrons. The van der Waals surface area contributed by atoms with Crippen LogP contribution in [0.1, 0.15) is 12.5 Å². The van der Waals surface area contributed by atoms with E-state index in [1.165, 1.54) is 24.3 Å². The van der Waals surface area contributed by atoms with Crippen molar-refractivity contribution in [3.05, 3.63) is 40.4 Å². The van der Waals surface area contributed by atoms with Gasteiger partial charge in [0.25, 0.3) is 0 Å². The van der Waals surface area contributed by atoms with Crippen LogP contribution in [0, 0.1) is 0 Å². The lowest BCUT2D eigenvalue weighted by Gasteiger charge is -2.11. The molecular weight excluding hydrogens is 342 g/mol. The standard InChI is InChI=1S/C12H13BrF2O3S/c1-2-3-6-19(16,17)8-9-7-10(13)4-5-11(9)18-12(14)15/h2-5,7,12H,6,8H2,1H3/b3-2+. The van der Waals surface area contributed by atoms with Crippen molar-refractivity contribution in [2.45, 2.75) is 19.3 Å². The molecule has 0 unspecified atom stereocenters. The highest BCUT2D eigenvalue weighted by Crippen LogP contribution is 2.26. The van der Waals surface area contributed by atoms with Crippen LogP contribution in [0.3, 0.4) is 0 Å². The van der Waals surface area contributed by atoms with E-state index >= 15 is 0 Å². The monoisotopic (exact) mass is 354 g/mol. The van der Waals surface area contributed by atoms with Gasteiger partial charge >= 0.3 is 6.61 Å². The Morgan fingerprint density at radius 2 is 2.11 bits per heavy atom. The van der Waals surface area contributed by atoms with Gasteiger partial charge in [-0.05, 0) is 25.1 Å². The van der Waals surface area contributed by atoms with Crippen molar-refractivity contribution in [1.82, 2.24) is 0 Å². The molecule has 0 aromatic heterocycles. The molecule has 0 N–H and O–H groups in total. The summed E-state index contributed by atoms with van der Waals surface area (Å²) in [6.45, 7) is -1.28. The van der Waals surface area contributed by atoms with Crippen LogP contribution in [0.25, 0.3) is 0 Å². The third-order valence-corrected chi connectivity index (χ3v) is 4.14. The maximum Gasteiger partial charge on any atom is 0.387 e. The van der Waals surface area contributed by atoms with Crippen molar-refractivity contribution >= 4 is 25.8 Å². The molecule has 0 aliphatic carbocycles. The summed E-state index contributed by atoms with van der Waals surface area (Å²) in [6, 6.07) is 4.29. The lowest BCUT2D eigenvalue weighted by atomic mass is 10.2. The Hall–Kier alpha value is -0.950. The van der Waals surface area contributed by atoms with Crippen LogP contribution < -0.4 is 4.74 Å². The van der Waals surface area contributed by atoms with Gasteiger partial charge in [0.2, 0.25) is 0 Å². The predicted octanol–water partition coefficient (Wildman–Crippen LogP) is 3.54. The summed E-state index contributed by atoms with van der Waals surface area (Å²) in [4.78, 5) is 0. The fourth-order valence-electron chi connectivity index (χ4n) is 1.41. The fraction of sp³-hybridized carbons (Fsp3) is 0.333. The van der Waals surface area contributed by atoms with Crippen molar-refractivity contribution in [3.8, 4) is 5.75 Å². The number of halogens is 3. The molecule has 19 heavy (non-hydrogen) atoms. The largest absolute Gasteiger partial charge is 0.435 e. The summed E-state index contributed by atoms with van der Waals surface area (Å²) in [6.07, 6.45) is 3.12. The van der Waals surface area contributed by atoms with E-state index in [4.69, 9.17) is 0 Å². The van der Waals surface area contributed by atoms with E-state index in [0.29, 0.717) is 4.47 Å². The van der Waals surface area contributed by atoms with E-state index in [-0.39, 0.29) is 22.8 Å². The second kappa shape index (κ2) is 7.00. The van der Waals surface area contributed by atoms with Gasteiger partial charge in [-0.25, -0.2) is 8.42 Å². The van der Waals surface area contributed by atoms with E-state index < -0.39 is 16.4 Å². The lowest BCUT2D eigenvalue weighted by Crippen LogP contribution is -2.10. The number of alkyl halides is 2. The molecule has 1 rings (SSSR count). The van der Waals surface area contributed by atoms with Crippen LogP contribution in [-0.2, 0) is 15.6 Å². The molecule has 7 heteroatoms. The Labute approximate surface area is 119 Å². The predicted molar refractivity (Wildman–Crippen MR) is 73.1 cm³/mol. The summed E-state index contributed by atoms with van der Waals surface area (Å²) < 4.78 is 53.0. The summed E-state index contributed by atoms with van der Waals surface area (Å²) >= 11 is 3.17. The highest BCUT2D eigenvalue weighted by molar-refractivity contribution is 9.10. The van der Waals surface area contributed by atoms with Crippen LogP contribution in [-0.4, -0.2) is 20.8 Å². The topological polar surface area (TPSA) is 43.4 Å². The average Bonchev–Trinajstić information content (AvgIpc) is 2.29. The minimum atomic E-state index is -3.40. The number of ether oxygens (including phenoxy) is 1. The SMILES string of the molecule is C/C=C/CS(=O)(=O)Cc1cc(Br)ccc1OC(F)F. The van der Waals surface area contributed by atoms with Crippen LogP contribution in [0.4, 0.5) is 8.78 Å². The van der Waals surface area contributed by atoms with Gasteiger partial charge in [-0.2, -0.15) is 8.78 Å². The fourth-order valence-corrected chi connectivity index (χ4v) is 3.12. The summed E-state index contributed by atoms with van der Waals surface area (Å²) in [5.41, 5.74) is 0.208. The Kier molecular flexibility index (Phi) is 5.93. The number of hydrogen-bond donors (Lipinski definition) is 0. The van der Waals surface area contributed by atoms with Crippen molar-refractivity contribution < 1.29 is 21.9 Å². The quantitative estimate of drug-likeness (QED) is 0.733. The Morgan fingerprint density at radius 1 is 1.42 bits per heavy atom. The van der Waals surface area contributed by atoms with Gasteiger partial charge in [-0.15, -0.1) is 0 Å². The van der Waals surface area contributed by atoms with Gasteiger partial charge in [0.1, 0.15) is 5.75 Å². The zero-order valence-electron chi connectivity index (χ0n) is 10.1. The van der Waals surface area contributed by atoms with Crippen LogP contribution in [0.15, 0.2) is 34.8 Å². The summed E-state index contributed by atoms with van der Waals surface area (Å²) in [7, 11) is -3.40. The van der Waals surface area contributed by atoms with Crippen molar-refractivity contribution in [2.24, 2.45) is 0 Å². The first-order chi connectivity index (χ1) is 8.84. The van der Waals surface area contributed by atoms with Crippen LogP contribution in [0.5, 0.6) is 5.75 Å². The van der Waals surface area contributed by atoms with E-state index in [1.54, 1.807) is 13.0 Å². The third-order valence-electron chi connectivity index (χ3n) is 2.20. The molecule has 0 aliphatic heterocycles. The minimum Gasteiger partial charge on any atom is -0.435 e. The molecule has 0 fully saturated rings. The molecule has 0 saturated carbocycles. The van der Waals surface area contributed by atoms with Crippen LogP contribution in [0.2, 0.25) is 0 Å². The summed E-state index contributed by atoms with van der Waals surface area (Å²) in [5, 5.41) is 0. The van der Waals surface area contributed by atoms with Crippen molar-refractivity contribution in [2.75, 3.05) is 5.75 Å². The second-order valence-corrected chi connectivity index (χ2v) is 6.78. The van der Waals surface area contributed by atoms with Gasteiger partial charge in [0.05, 0.1) is 11.5 Å². The van der Waals surface area contributed by atoms with Gasteiger partial charge in [0.15, 0.2) is 9.84 Å². The van der Waals surface area contributed by atoms with Crippen LogP contribution >= 0.6 is 15.9 Å². The van der Waals surface area contributed by atoms with E-state index in [0.717, 1.165) is 0 Å². The Balaban J connectivity index is 3.01. The molecule has 1 aromatic rings. The van der Waals surface area contributed by atoms with E-state index in [1.807, 2.05) is 0 Å². The summed E-state index contributed by atoms with van der Waals surface area (Å²) in [5.74, 6) is -0.606. The molecule has 0 heterocycles. The highest BCUT2D eigenvalue weighted by atomic mass is 79.9. The van der Waals surface area contributed by atoms with E-state index in [9.17, 15) is 17.2 Å². The number of rotatable bonds is 6. The molecule has 0 bridgehead atoms. The highest BCUT2D eigenvalue weighted by Gasteiger charge is 2.16. The molecule has 0 aliphatic rings. The maximum atomic E-state index is 12.2. The Bertz CT molecular complexity index is 556. The minimum absolute atomic E-state index is 0.123. The first kappa shape index (κ1) is 16.1. The molecule has 0 saturated heterocycles. The third kappa shape index (κ3) is 5.69. The molecule has 1 aromatic carbocycles. The van der Waals surface area contributed by atoms with Gasteiger partial charge in [-0.1, -0.05) is 28.1 Å². The number of benzene rings is 1. The molecular formula is C12H13BrF2O3S. The van der Waals surface area contributed by atoms with E-state index in [2.05, 4.69) is 20.7 Å². The lowest BCUT2D eigenvalue weighted by molar-refractivity contribution is -0.0503. The molecule has 0 amide bonds. The van der Waals surface area contributed by atoms with Gasteiger partial charge < -0.3 is 4.74 Å². The molecule has 0 spiro atoms. The van der Waals surface area contributed by atoms with Gasteiger partial charge in [0, 0.05) is 10.0 Å². The molecule has 3 nitrogen and oxygen atoms in total. The number of hydrogen-bond acceptors (Lipinski definition) is 3. The number of sulfone groups is 1. The first-order valence-corrected chi connectivity index (χ1v) is 8.00. The normalized spacial score (nSPS) is 12.3. The van der Waals surface area contributed by atoms with Crippen molar-refractivity contribution in [1.29, 1.82) is 0 Å². The smallest absolute Gasteiger partial charge is 0.387 e. The average molecular weight is 355 g/mol. The zero-order valence-corrected chi connectivity index (χ0v) is 12.5. The maximum absolute atomic E-state index is 12.2. The zero-order chi connectivity index (χ0) is 14.5. The molecule has 0 atom stereocenters. The first-order valence-electron chi connectivity index (χ1n) is 5.39.